The predicted octanol–water partition coefficient (Wildman–Crippen LogP) is 2.23. The lowest BCUT2D eigenvalue weighted by Crippen LogP contribution is -2.25. The van der Waals surface area contributed by atoms with Gasteiger partial charge >= 0.3 is 0 Å². The summed E-state index contributed by atoms with van der Waals surface area (Å²) in [5, 5.41) is 8.90. The Morgan fingerprint density at radius 3 is 2.84 bits per heavy atom. The topological polar surface area (TPSA) is 55.0 Å². The van der Waals surface area contributed by atoms with E-state index < -0.39 is 0 Å². The van der Waals surface area contributed by atoms with Gasteiger partial charge in [0, 0.05) is 12.2 Å². The summed E-state index contributed by atoms with van der Waals surface area (Å²) in [6.07, 6.45) is 1.94. The first-order chi connectivity index (χ1) is 8.93. The number of pyridine rings is 1. The zero-order valence-electron chi connectivity index (χ0n) is 11.8. The summed E-state index contributed by atoms with van der Waals surface area (Å²) in [6, 6.07) is 5.37. The first-order valence-corrected chi connectivity index (χ1v) is 6.67. The van der Waals surface area contributed by atoms with Crippen molar-refractivity contribution in [3.63, 3.8) is 0 Å². The molecule has 0 N–H and O–H groups in total. The van der Waals surface area contributed by atoms with Crippen molar-refractivity contribution in [2.24, 2.45) is 5.92 Å². The van der Waals surface area contributed by atoms with Crippen LogP contribution in [0.3, 0.4) is 0 Å². The van der Waals surface area contributed by atoms with E-state index in [4.69, 9.17) is 10.00 Å². The molecule has 0 amide bonds. The minimum absolute atomic E-state index is 0.0425. The normalized spacial score (nSPS) is 21.3. The van der Waals surface area contributed by atoms with Gasteiger partial charge in [-0.25, -0.2) is 0 Å². The van der Waals surface area contributed by atoms with Crippen LogP contribution < -0.4 is 5.56 Å². The molecule has 0 aromatic carbocycles. The van der Waals surface area contributed by atoms with Crippen molar-refractivity contribution >= 4 is 0 Å². The number of nitrogens with zero attached hydrogens (tertiary/aromatic N) is 2. The monoisotopic (exact) mass is 260 g/mol. The second-order valence-corrected chi connectivity index (χ2v) is 5.89. The van der Waals surface area contributed by atoms with Gasteiger partial charge in [-0.3, -0.25) is 4.79 Å². The summed E-state index contributed by atoms with van der Waals surface area (Å²) in [7, 11) is 0. The van der Waals surface area contributed by atoms with E-state index in [1.807, 2.05) is 19.1 Å². The molecule has 1 aromatic rings. The van der Waals surface area contributed by atoms with Crippen molar-refractivity contribution in [1.82, 2.24) is 4.57 Å². The van der Waals surface area contributed by atoms with Gasteiger partial charge in [0.15, 0.2) is 0 Å². The first kappa shape index (κ1) is 13.8. The van der Waals surface area contributed by atoms with Gasteiger partial charge in [-0.2, -0.15) is 5.26 Å². The molecule has 0 aliphatic carbocycles. The molecule has 19 heavy (non-hydrogen) atoms. The SMILES string of the molecule is Cc1ccc(C#N)c(=O)n1CCC1COC(C)(C)C1. The fraction of sp³-hybridized carbons (Fsp3) is 0.600. The maximum atomic E-state index is 12.1. The van der Waals surface area contributed by atoms with Crippen LogP contribution in [0.25, 0.3) is 0 Å². The van der Waals surface area contributed by atoms with E-state index in [0.717, 1.165) is 25.1 Å². The van der Waals surface area contributed by atoms with Crippen molar-refractivity contribution in [2.45, 2.75) is 45.8 Å². The molecule has 1 aliphatic rings. The molecule has 4 nitrogen and oxygen atoms in total. The van der Waals surface area contributed by atoms with Gasteiger partial charge in [0.2, 0.25) is 0 Å². The van der Waals surface area contributed by atoms with Crippen LogP contribution in [-0.4, -0.2) is 16.8 Å². The summed E-state index contributed by atoms with van der Waals surface area (Å²) >= 11 is 0. The molecule has 102 valence electrons. The van der Waals surface area contributed by atoms with Gasteiger partial charge in [0.1, 0.15) is 11.6 Å². The molecule has 0 spiro atoms. The average molecular weight is 260 g/mol. The van der Waals surface area contributed by atoms with Gasteiger partial charge in [-0.05, 0) is 51.7 Å². The van der Waals surface area contributed by atoms with Crippen molar-refractivity contribution in [3.8, 4) is 6.07 Å². The summed E-state index contributed by atoms with van der Waals surface area (Å²) in [6.45, 7) is 7.52. The first-order valence-electron chi connectivity index (χ1n) is 6.67. The molecule has 0 radical (unpaired) electrons. The number of aryl methyl sites for hydroxylation is 1. The van der Waals surface area contributed by atoms with Gasteiger partial charge in [0.25, 0.3) is 5.56 Å². The number of ether oxygens (including phenoxy) is 1. The minimum Gasteiger partial charge on any atom is -0.375 e. The number of hydrogen-bond donors (Lipinski definition) is 0. The van der Waals surface area contributed by atoms with Crippen LogP contribution in [0.1, 0.15) is 37.9 Å². The third-order valence-electron chi connectivity index (χ3n) is 3.76. The molecule has 1 unspecified atom stereocenters. The highest BCUT2D eigenvalue weighted by Crippen LogP contribution is 2.31. The maximum Gasteiger partial charge on any atom is 0.268 e. The molecule has 1 fully saturated rings. The van der Waals surface area contributed by atoms with Gasteiger partial charge in [-0.15, -0.1) is 0 Å². The highest BCUT2D eigenvalue weighted by molar-refractivity contribution is 5.27. The second-order valence-electron chi connectivity index (χ2n) is 5.89. The Morgan fingerprint density at radius 1 is 1.53 bits per heavy atom. The molecule has 4 heteroatoms. The van der Waals surface area contributed by atoms with Gasteiger partial charge in [-0.1, -0.05) is 0 Å². The standard InChI is InChI=1S/C15H20N2O2/c1-11-4-5-13(9-16)14(18)17(11)7-6-12-8-15(2,3)19-10-12/h4-5,12H,6-8,10H2,1-3H3. The lowest BCUT2D eigenvalue weighted by atomic mass is 9.95. The van der Waals surface area contributed by atoms with Crippen molar-refractivity contribution in [2.75, 3.05) is 6.61 Å². The number of rotatable bonds is 3. The summed E-state index contributed by atoms with van der Waals surface area (Å²) in [4.78, 5) is 12.1. The molecular weight excluding hydrogens is 240 g/mol. The van der Waals surface area contributed by atoms with Crippen molar-refractivity contribution < 1.29 is 4.74 Å². The van der Waals surface area contributed by atoms with E-state index in [2.05, 4.69) is 13.8 Å². The van der Waals surface area contributed by atoms with Gasteiger partial charge in [0.05, 0.1) is 12.2 Å². The summed E-state index contributed by atoms with van der Waals surface area (Å²) in [5.41, 5.74) is 0.899. The Hall–Kier alpha value is -1.60. The molecule has 2 heterocycles. The lowest BCUT2D eigenvalue weighted by Gasteiger charge is -2.16. The Bertz CT molecular complexity index is 566. The number of nitriles is 1. The largest absolute Gasteiger partial charge is 0.375 e. The molecule has 1 aliphatic heterocycles. The highest BCUT2D eigenvalue weighted by Gasteiger charge is 2.31. The van der Waals surface area contributed by atoms with Crippen molar-refractivity contribution in [3.05, 3.63) is 33.7 Å². The molecule has 1 aromatic heterocycles. The van der Waals surface area contributed by atoms with E-state index in [1.165, 1.54) is 0 Å². The third kappa shape index (κ3) is 3.05. The Kier molecular flexibility index (Phi) is 3.77. The van der Waals surface area contributed by atoms with E-state index in [9.17, 15) is 4.79 Å². The predicted molar refractivity (Wildman–Crippen MR) is 72.9 cm³/mol. The number of aromatic nitrogens is 1. The zero-order chi connectivity index (χ0) is 14.0. The van der Waals surface area contributed by atoms with Crippen LogP contribution in [0.4, 0.5) is 0 Å². The van der Waals surface area contributed by atoms with Crippen LogP contribution >= 0.6 is 0 Å². The summed E-state index contributed by atoms with van der Waals surface area (Å²) < 4.78 is 7.41. The Morgan fingerprint density at radius 2 is 2.26 bits per heavy atom. The van der Waals surface area contributed by atoms with E-state index in [0.29, 0.717) is 12.5 Å². The van der Waals surface area contributed by atoms with Crippen LogP contribution in [-0.2, 0) is 11.3 Å². The Labute approximate surface area is 113 Å². The van der Waals surface area contributed by atoms with Crippen LogP contribution in [0.5, 0.6) is 0 Å². The fourth-order valence-corrected chi connectivity index (χ4v) is 2.69. The average Bonchev–Trinajstić information content (AvgIpc) is 2.69. The fourth-order valence-electron chi connectivity index (χ4n) is 2.69. The van der Waals surface area contributed by atoms with E-state index >= 15 is 0 Å². The lowest BCUT2D eigenvalue weighted by molar-refractivity contribution is 0.0348. The molecule has 1 atom stereocenters. The van der Waals surface area contributed by atoms with Crippen LogP contribution in [0, 0.1) is 24.2 Å². The number of hydrogen-bond acceptors (Lipinski definition) is 3. The Balaban J connectivity index is 2.09. The van der Waals surface area contributed by atoms with Gasteiger partial charge < -0.3 is 9.30 Å². The minimum atomic E-state index is -0.180. The van der Waals surface area contributed by atoms with Crippen LogP contribution in [0.2, 0.25) is 0 Å². The maximum absolute atomic E-state index is 12.1. The highest BCUT2D eigenvalue weighted by atomic mass is 16.5. The van der Waals surface area contributed by atoms with Crippen molar-refractivity contribution in [1.29, 1.82) is 5.26 Å². The quantitative estimate of drug-likeness (QED) is 0.837. The molecule has 2 rings (SSSR count). The molecule has 0 bridgehead atoms. The second kappa shape index (κ2) is 5.18. The molecule has 1 saturated heterocycles. The zero-order valence-corrected chi connectivity index (χ0v) is 11.8. The van der Waals surface area contributed by atoms with E-state index in [-0.39, 0.29) is 16.7 Å². The smallest absolute Gasteiger partial charge is 0.268 e. The van der Waals surface area contributed by atoms with E-state index in [1.54, 1.807) is 10.6 Å². The van der Waals surface area contributed by atoms with Crippen LogP contribution in [0.15, 0.2) is 16.9 Å². The third-order valence-corrected chi connectivity index (χ3v) is 3.76. The molecule has 0 saturated carbocycles. The summed E-state index contributed by atoms with van der Waals surface area (Å²) in [5.74, 6) is 0.493. The molecular formula is C15H20N2O2.